The van der Waals surface area contributed by atoms with E-state index in [2.05, 4.69) is 10.2 Å². The highest BCUT2D eigenvalue weighted by Gasteiger charge is 2.41. The van der Waals surface area contributed by atoms with Crippen LogP contribution >= 0.6 is 0 Å². The number of hydrogen-bond acceptors (Lipinski definition) is 4. The van der Waals surface area contributed by atoms with Gasteiger partial charge in [-0.25, -0.2) is 4.79 Å². The molecule has 0 bridgehead atoms. The Hall–Kier alpha value is -0.810. The lowest BCUT2D eigenvalue weighted by Gasteiger charge is -2.38. The van der Waals surface area contributed by atoms with Gasteiger partial charge in [0.15, 0.2) is 0 Å². The van der Waals surface area contributed by atoms with E-state index in [1.54, 1.807) is 0 Å². The third-order valence-electron chi connectivity index (χ3n) is 4.95. The van der Waals surface area contributed by atoms with Crippen LogP contribution < -0.4 is 5.32 Å². The van der Waals surface area contributed by atoms with E-state index in [9.17, 15) is 4.79 Å². The number of hydrogen-bond donors (Lipinski definition) is 1. The van der Waals surface area contributed by atoms with Crippen LogP contribution in [-0.2, 0) is 4.74 Å². The Balaban J connectivity index is 1.51. The molecule has 5 nitrogen and oxygen atoms in total. The zero-order valence-corrected chi connectivity index (χ0v) is 11.8. The predicted octanol–water partition coefficient (Wildman–Crippen LogP) is 0.901. The molecule has 3 saturated heterocycles. The second-order valence-corrected chi connectivity index (χ2v) is 5.93. The zero-order valence-electron chi connectivity index (χ0n) is 11.8. The van der Waals surface area contributed by atoms with Gasteiger partial charge in [0, 0.05) is 31.7 Å². The van der Waals surface area contributed by atoms with Gasteiger partial charge in [0.1, 0.15) is 0 Å². The van der Waals surface area contributed by atoms with Gasteiger partial charge >= 0.3 is 6.09 Å². The molecule has 5 heteroatoms. The van der Waals surface area contributed by atoms with Crippen LogP contribution in [0.2, 0.25) is 0 Å². The molecule has 0 spiro atoms. The van der Waals surface area contributed by atoms with Crippen molar-refractivity contribution in [1.29, 1.82) is 0 Å². The summed E-state index contributed by atoms with van der Waals surface area (Å²) < 4.78 is 5.07. The lowest BCUT2D eigenvalue weighted by molar-refractivity contribution is 0.0711. The summed E-state index contributed by atoms with van der Waals surface area (Å²) in [6.07, 6.45) is 3.41. The molecule has 0 aromatic carbocycles. The molecule has 0 saturated carbocycles. The van der Waals surface area contributed by atoms with E-state index in [0.29, 0.717) is 12.6 Å². The van der Waals surface area contributed by atoms with Crippen molar-refractivity contribution in [3.05, 3.63) is 0 Å². The van der Waals surface area contributed by atoms with Gasteiger partial charge in [-0.1, -0.05) is 0 Å². The molecule has 19 heavy (non-hydrogen) atoms. The predicted molar refractivity (Wildman–Crippen MR) is 73.1 cm³/mol. The molecule has 0 unspecified atom stereocenters. The number of likely N-dealkylation sites (tertiary alicyclic amines) is 2. The standard InChI is InChI=1S/C14H25N3O2/c1-2-19-14(18)16-6-4-12(5-7-16)17-8-3-11-9-15-10-13(11)17/h11-13,15H,2-10H2,1H3/t11-,13+/m0/s1. The number of rotatable bonds is 2. The minimum absolute atomic E-state index is 0.136. The molecule has 0 aromatic heterocycles. The number of fused-ring (bicyclic) bond motifs is 1. The maximum absolute atomic E-state index is 11.7. The van der Waals surface area contributed by atoms with Gasteiger partial charge in [-0.3, -0.25) is 4.90 Å². The summed E-state index contributed by atoms with van der Waals surface area (Å²) >= 11 is 0. The van der Waals surface area contributed by atoms with Crippen molar-refractivity contribution in [2.75, 3.05) is 39.3 Å². The Morgan fingerprint density at radius 1 is 1.21 bits per heavy atom. The number of amides is 1. The van der Waals surface area contributed by atoms with E-state index >= 15 is 0 Å². The maximum atomic E-state index is 11.7. The van der Waals surface area contributed by atoms with Gasteiger partial charge < -0.3 is 15.0 Å². The van der Waals surface area contributed by atoms with Gasteiger partial charge in [0.2, 0.25) is 0 Å². The Kier molecular flexibility index (Phi) is 3.93. The summed E-state index contributed by atoms with van der Waals surface area (Å²) in [5.74, 6) is 0.864. The van der Waals surface area contributed by atoms with Crippen LogP contribution in [0.25, 0.3) is 0 Å². The van der Waals surface area contributed by atoms with Crippen LogP contribution in [0.3, 0.4) is 0 Å². The quantitative estimate of drug-likeness (QED) is 0.807. The second-order valence-electron chi connectivity index (χ2n) is 5.93. The SMILES string of the molecule is CCOC(=O)N1CCC(N2CC[C@H]3CNC[C@H]32)CC1. The molecule has 3 rings (SSSR count). The van der Waals surface area contributed by atoms with Crippen LogP contribution in [0.5, 0.6) is 0 Å². The monoisotopic (exact) mass is 267 g/mol. The molecular formula is C14H25N3O2. The summed E-state index contributed by atoms with van der Waals surface area (Å²) in [6, 6.07) is 1.42. The molecule has 108 valence electrons. The lowest BCUT2D eigenvalue weighted by Crippen LogP contribution is -2.49. The van der Waals surface area contributed by atoms with Gasteiger partial charge in [0.25, 0.3) is 0 Å². The Morgan fingerprint density at radius 3 is 2.74 bits per heavy atom. The van der Waals surface area contributed by atoms with Crippen molar-refractivity contribution in [2.45, 2.75) is 38.3 Å². The highest BCUT2D eigenvalue weighted by atomic mass is 16.6. The third-order valence-corrected chi connectivity index (χ3v) is 4.95. The normalized spacial score (nSPS) is 32.6. The highest BCUT2D eigenvalue weighted by molar-refractivity contribution is 5.67. The van der Waals surface area contributed by atoms with E-state index in [0.717, 1.165) is 44.4 Å². The number of ether oxygens (including phenoxy) is 1. The first-order chi connectivity index (χ1) is 9.29. The van der Waals surface area contributed by atoms with Crippen molar-refractivity contribution < 1.29 is 9.53 Å². The molecule has 2 atom stereocenters. The topological polar surface area (TPSA) is 44.8 Å². The van der Waals surface area contributed by atoms with Crippen LogP contribution in [0.1, 0.15) is 26.2 Å². The first-order valence-electron chi connectivity index (χ1n) is 7.67. The van der Waals surface area contributed by atoms with Gasteiger partial charge in [-0.2, -0.15) is 0 Å². The molecule has 3 aliphatic heterocycles. The molecule has 0 aliphatic carbocycles. The van der Waals surface area contributed by atoms with Crippen LogP contribution in [0.15, 0.2) is 0 Å². The average Bonchev–Trinajstić information content (AvgIpc) is 3.01. The summed E-state index contributed by atoms with van der Waals surface area (Å²) in [5, 5.41) is 3.51. The van der Waals surface area contributed by atoms with Crippen molar-refractivity contribution >= 4 is 6.09 Å². The van der Waals surface area contributed by atoms with Crippen molar-refractivity contribution in [3.63, 3.8) is 0 Å². The fraction of sp³-hybridized carbons (Fsp3) is 0.929. The summed E-state index contributed by atoms with van der Waals surface area (Å²) in [7, 11) is 0. The minimum atomic E-state index is -0.136. The second kappa shape index (κ2) is 5.67. The van der Waals surface area contributed by atoms with Crippen molar-refractivity contribution in [3.8, 4) is 0 Å². The Morgan fingerprint density at radius 2 is 2.00 bits per heavy atom. The number of carbonyl (C=O) groups excluding carboxylic acids is 1. The first-order valence-corrected chi connectivity index (χ1v) is 7.67. The van der Waals surface area contributed by atoms with Crippen molar-refractivity contribution in [2.24, 2.45) is 5.92 Å². The molecule has 1 amide bonds. The Bertz CT molecular complexity index is 329. The molecule has 0 radical (unpaired) electrons. The summed E-state index contributed by atoms with van der Waals surface area (Å²) in [4.78, 5) is 16.3. The first kappa shape index (κ1) is 13.2. The molecule has 3 fully saturated rings. The van der Waals surface area contributed by atoms with Crippen LogP contribution in [0, 0.1) is 5.92 Å². The number of carbonyl (C=O) groups is 1. The maximum Gasteiger partial charge on any atom is 0.409 e. The van der Waals surface area contributed by atoms with Gasteiger partial charge in [-0.15, -0.1) is 0 Å². The number of piperidine rings is 1. The van der Waals surface area contributed by atoms with Crippen molar-refractivity contribution in [1.82, 2.24) is 15.1 Å². The number of nitrogens with one attached hydrogen (secondary N) is 1. The zero-order chi connectivity index (χ0) is 13.2. The van der Waals surface area contributed by atoms with E-state index in [1.807, 2.05) is 11.8 Å². The smallest absolute Gasteiger partial charge is 0.409 e. The van der Waals surface area contributed by atoms with E-state index in [-0.39, 0.29) is 6.09 Å². The molecule has 3 aliphatic rings. The Labute approximate surface area is 115 Å². The number of nitrogens with zero attached hydrogens (tertiary/aromatic N) is 2. The molecule has 3 heterocycles. The third kappa shape index (κ3) is 2.58. The fourth-order valence-electron chi connectivity index (χ4n) is 3.93. The van der Waals surface area contributed by atoms with E-state index in [4.69, 9.17) is 4.74 Å². The minimum Gasteiger partial charge on any atom is -0.450 e. The summed E-state index contributed by atoms with van der Waals surface area (Å²) in [6.45, 7) is 7.64. The largest absolute Gasteiger partial charge is 0.450 e. The van der Waals surface area contributed by atoms with Gasteiger partial charge in [-0.05, 0) is 45.2 Å². The average molecular weight is 267 g/mol. The molecule has 0 aromatic rings. The fourth-order valence-corrected chi connectivity index (χ4v) is 3.93. The van der Waals surface area contributed by atoms with Crippen LogP contribution in [-0.4, -0.2) is 67.3 Å². The summed E-state index contributed by atoms with van der Waals surface area (Å²) in [5.41, 5.74) is 0. The van der Waals surface area contributed by atoms with Crippen LogP contribution in [0.4, 0.5) is 4.79 Å². The molecular weight excluding hydrogens is 242 g/mol. The lowest BCUT2D eigenvalue weighted by atomic mass is 10.0. The van der Waals surface area contributed by atoms with Gasteiger partial charge in [0.05, 0.1) is 6.61 Å². The molecule has 1 N–H and O–H groups in total. The van der Waals surface area contributed by atoms with E-state index in [1.165, 1.54) is 19.5 Å². The van der Waals surface area contributed by atoms with E-state index < -0.39 is 0 Å². The highest BCUT2D eigenvalue weighted by Crippen LogP contribution is 2.32.